The van der Waals surface area contributed by atoms with Crippen molar-refractivity contribution < 1.29 is 18.8 Å². The lowest BCUT2D eigenvalue weighted by atomic mass is 9.69. The molecular weight excluding hydrogens is 462 g/mol. The third-order valence-corrected chi connectivity index (χ3v) is 8.42. The molecule has 1 unspecified atom stereocenters. The topological polar surface area (TPSA) is 69.4 Å². The molecule has 4 rings (SSSR count). The molecule has 2 aliphatic carbocycles. The van der Waals surface area contributed by atoms with Gasteiger partial charge in [-0.15, -0.1) is 0 Å². The summed E-state index contributed by atoms with van der Waals surface area (Å²) in [6.45, 7) is 12.5. The molecule has 0 saturated heterocycles. The average Bonchev–Trinajstić information content (AvgIpc) is 3.54. The van der Waals surface area contributed by atoms with E-state index < -0.39 is 5.41 Å². The molecule has 37 heavy (non-hydrogen) atoms. The number of ether oxygens (including phenoxy) is 1. The second kappa shape index (κ2) is 11.1. The molecule has 0 aliphatic heterocycles. The van der Waals surface area contributed by atoms with E-state index in [-0.39, 0.29) is 17.7 Å². The van der Waals surface area contributed by atoms with Gasteiger partial charge in [-0.1, -0.05) is 42.8 Å². The molecule has 0 spiro atoms. The maximum absolute atomic E-state index is 13.4. The molecule has 2 fully saturated rings. The molecule has 1 aromatic carbocycles. The number of aryl methyl sites for hydroxylation is 2. The number of esters is 1. The van der Waals surface area contributed by atoms with E-state index in [0.717, 1.165) is 54.2 Å². The van der Waals surface area contributed by atoms with Crippen molar-refractivity contribution in [1.29, 1.82) is 0 Å². The SMILES string of the molecule is COC(=O)C(C)(C)CC(CC(=O)Cc1ccc(C)cc1C)c1noc(C2CC(CC(C)C)C2)c1C1CC1. The molecule has 0 N–H and O–H groups in total. The molecule has 1 heterocycles. The zero-order chi connectivity index (χ0) is 26.9. The lowest BCUT2D eigenvalue weighted by Gasteiger charge is -2.35. The number of benzene rings is 1. The van der Waals surface area contributed by atoms with Gasteiger partial charge in [0.2, 0.25) is 0 Å². The second-order valence-electron chi connectivity index (χ2n) is 12.9. The van der Waals surface area contributed by atoms with Crippen LogP contribution in [0.3, 0.4) is 0 Å². The summed E-state index contributed by atoms with van der Waals surface area (Å²) < 4.78 is 11.2. The van der Waals surface area contributed by atoms with Crippen LogP contribution in [-0.2, 0) is 20.7 Å². The van der Waals surface area contributed by atoms with Gasteiger partial charge in [-0.05, 0) is 95.1 Å². The van der Waals surface area contributed by atoms with E-state index in [1.165, 1.54) is 24.7 Å². The van der Waals surface area contributed by atoms with Crippen LogP contribution in [0.15, 0.2) is 22.7 Å². The fraction of sp³-hybridized carbons (Fsp3) is 0.656. The van der Waals surface area contributed by atoms with Crippen LogP contribution < -0.4 is 0 Å². The predicted octanol–water partition coefficient (Wildman–Crippen LogP) is 7.58. The van der Waals surface area contributed by atoms with Gasteiger partial charge in [0.15, 0.2) is 0 Å². The van der Waals surface area contributed by atoms with Crippen molar-refractivity contribution in [2.24, 2.45) is 17.3 Å². The summed E-state index contributed by atoms with van der Waals surface area (Å²) in [5, 5.41) is 4.65. The van der Waals surface area contributed by atoms with Crippen LogP contribution in [0, 0.1) is 31.1 Å². The Labute approximate surface area is 222 Å². The Balaban J connectivity index is 1.59. The molecule has 1 aromatic heterocycles. The summed E-state index contributed by atoms with van der Waals surface area (Å²) in [5.41, 5.74) is 4.84. The van der Waals surface area contributed by atoms with Crippen LogP contribution in [0.1, 0.15) is 124 Å². The number of rotatable bonds is 12. The third kappa shape index (κ3) is 6.53. The van der Waals surface area contributed by atoms with E-state index in [2.05, 4.69) is 51.1 Å². The van der Waals surface area contributed by atoms with Crippen LogP contribution in [0.4, 0.5) is 0 Å². The quantitative estimate of drug-likeness (QED) is 0.277. The van der Waals surface area contributed by atoms with Gasteiger partial charge < -0.3 is 9.26 Å². The van der Waals surface area contributed by atoms with E-state index in [1.807, 2.05) is 13.8 Å². The largest absolute Gasteiger partial charge is 0.469 e. The molecule has 0 radical (unpaired) electrons. The number of Topliss-reactive ketones (excluding diaryl/α,β-unsaturated/α-hetero) is 1. The second-order valence-corrected chi connectivity index (χ2v) is 12.9. The number of hydrogen-bond acceptors (Lipinski definition) is 5. The Morgan fingerprint density at radius 1 is 1.14 bits per heavy atom. The van der Waals surface area contributed by atoms with Gasteiger partial charge in [0, 0.05) is 30.2 Å². The number of carbonyl (C=O) groups excluding carboxylic acids is 2. The van der Waals surface area contributed by atoms with Crippen LogP contribution in [0.2, 0.25) is 0 Å². The molecule has 202 valence electrons. The van der Waals surface area contributed by atoms with Gasteiger partial charge >= 0.3 is 5.97 Å². The van der Waals surface area contributed by atoms with Gasteiger partial charge in [0.05, 0.1) is 18.2 Å². The minimum atomic E-state index is -0.724. The standard InChI is InChI=1S/C32H45NO4/c1-19(2)12-22-14-25(15-22)30-28(23-10-11-23)29(33-37-30)26(18-32(5,6)31(35)36-7)17-27(34)16-24-9-8-20(3)13-21(24)4/h8-9,13,19,22-23,25-26H,10-12,14-18H2,1-7H3. The van der Waals surface area contributed by atoms with Crippen LogP contribution in [0.5, 0.6) is 0 Å². The van der Waals surface area contributed by atoms with Crippen molar-refractivity contribution in [3.63, 3.8) is 0 Å². The van der Waals surface area contributed by atoms with E-state index in [9.17, 15) is 9.59 Å². The monoisotopic (exact) mass is 507 g/mol. The Morgan fingerprint density at radius 3 is 2.43 bits per heavy atom. The molecule has 5 heteroatoms. The number of nitrogens with zero attached hydrogens (tertiary/aromatic N) is 1. The molecule has 2 aromatic rings. The van der Waals surface area contributed by atoms with Crippen molar-refractivity contribution >= 4 is 11.8 Å². The minimum Gasteiger partial charge on any atom is -0.469 e. The van der Waals surface area contributed by atoms with Crippen molar-refractivity contribution in [3.8, 4) is 0 Å². The molecule has 0 amide bonds. The highest BCUT2D eigenvalue weighted by Gasteiger charge is 2.43. The van der Waals surface area contributed by atoms with E-state index in [1.54, 1.807) is 0 Å². The first kappa shape index (κ1) is 27.6. The zero-order valence-corrected chi connectivity index (χ0v) is 23.9. The molecule has 2 saturated carbocycles. The van der Waals surface area contributed by atoms with Gasteiger partial charge in [-0.2, -0.15) is 0 Å². The molecule has 1 atom stereocenters. The van der Waals surface area contributed by atoms with Crippen LogP contribution >= 0.6 is 0 Å². The van der Waals surface area contributed by atoms with Gasteiger partial charge in [-0.25, -0.2) is 0 Å². The Morgan fingerprint density at radius 2 is 1.84 bits per heavy atom. The summed E-state index contributed by atoms with van der Waals surface area (Å²) in [6, 6.07) is 6.25. The number of ketones is 1. The number of hydrogen-bond donors (Lipinski definition) is 0. The van der Waals surface area contributed by atoms with Crippen molar-refractivity contribution in [2.75, 3.05) is 7.11 Å². The molecule has 2 aliphatic rings. The zero-order valence-electron chi connectivity index (χ0n) is 23.9. The normalized spacial score (nSPS) is 20.5. The average molecular weight is 508 g/mol. The van der Waals surface area contributed by atoms with Crippen molar-refractivity contribution in [1.82, 2.24) is 5.16 Å². The number of methoxy groups -OCH3 is 1. The Hall–Kier alpha value is -2.43. The fourth-order valence-electron chi connectivity index (χ4n) is 6.35. The van der Waals surface area contributed by atoms with Crippen molar-refractivity contribution in [3.05, 3.63) is 51.9 Å². The minimum absolute atomic E-state index is 0.171. The first-order valence-corrected chi connectivity index (χ1v) is 14.1. The van der Waals surface area contributed by atoms with Gasteiger partial charge in [0.1, 0.15) is 11.5 Å². The van der Waals surface area contributed by atoms with Gasteiger partial charge in [0.25, 0.3) is 0 Å². The van der Waals surface area contributed by atoms with Crippen LogP contribution in [-0.4, -0.2) is 24.0 Å². The molecule has 0 bridgehead atoms. The number of aromatic nitrogens is 1. The summed E-state index contributed by atoms with van der Waals surface area (Å²) in [7, 11) is 1.43. The smallest absolute Gasteiger partial charge is 0.311 e. The Bertz CT molecular complexity index is 1120. The van der Waals surface area contributed by atoms with Gasteiger partial charge in [-0.3, -0.25) is 9.59 Å². The highest BCUT2D eigenvalue weighted by molar-refractivity contribution is 5.82. The lowest BCUT2D eigenvalue weighted by Crippen LogP contribution is -2.29. The van der Waals surface area contributed by atoms with Crippen LogP contribution in [0.25, 0.3) is 0 Å². The van der Waals surface area contributed by atoms with E-state index in [0.29, 0.717) is 37.0 Å². The first-order valence-electron chi connectivity index (χ1n) is 14.1. The first-order chi connectivity index (χ1) is 17.5. The summed E-state index contributed by atoms with van der Waals surface area (Å²) in [5.74, 6) is 3.17. The molecular formula is C32H45NO4. The fourth-order valence-corrected chi connectivity index (χ4v) is 6.35. The predicted molar refractivity (Wildman–Crippen MR) is 146 cm³/mol. The Kier molecular flexibility index (Phi) is 8.30. The lowest BCUT2D eigenvalue weighted by molar-refractivity contribution is -0.151. The third-order valence-electron chi connectivity index (χ3n) is 8.42. The summed E-state index contributed by atoms with van der Waals surface area (Å²) in [4.78, 5) is 26.1. The van der Waals surface area contributed by atoms with E-state index >= 15 is 0 Å². The maximum atomic E-state index is 13.4. The summed E-state index contributed by atoms with van der Waals surface area (Å²) in [6.07, 6.45) is 7.13. The maximum Gasteiger partial charge on any atom is 0.311 e. The highest BCUT2D eigenvalue weighted by atomic mass is 16.5. The number of carbonyl (C=O) groups is 2. The highest BCUT2D eigenvalue weighted by Crippen LogP contribution is 2.53. The van der Waals surface area contributed by atoms with Crippen molar-refractivity contribution in [2.45, 2.75) is 111 Å². The summed E-state index contributed by atoms with van der Waals surface area (Å²) >= 11 is 0. The van der Waals surface area contributed by atoms with E-state index in [4.69, 9.17) is 9.26 Å². The molecule has 5 nitrogen and oxygen atoms in total.